The zero-order valence-corrected chi connectivity index (χ0v) is 11.6. The average Bonchev–Trinajstić information content (AvgIpc) is 2.57. The minimum Gasteiger partial charge on any atom is -0.394 e. The molecule has 1 fully saturated rings. The maximum atomic E-state index is 10.0. The van der Waals surface area contributed by atoms with E-state index in [2.05, 4.69) is 16.9 Å². The quantitative estimate of drug-likeness (QED) is 0.856. The van der Waals surface area contributed by atoms with Crippen molar-refractivity contribution in [3.63, 3.8) is 0 Å². The molecule has 0 bridgehead atoms. The van der Waals surface area contributed by atoms with Crippen molar-refractivity contribution in [1.29, 1.82) is 0 Å². The van der Waals surface area contributed by atoms with Gasteiger partial charge in [-0.15, -0.1) is 0 Å². The van der Waals surface area contributed by atoms with Gasteiger partial charge < -0.3 is 15.7 Å². The lowest BCUT2D eigenvalue weighted by Gasteiger charge is -2.37. The molecule has 0 atom stereocenters. The van der Waals surface area contributed by atoms with E-state index in [1.165, 1.54) is 0 Å². The summed E-state index contributed by atoms with van der Waals surface area (Å²) in [4.78, 5) is 2.25. The molecule has 1 aliphatic rings. The lowest BCUT2D eigenvalue weighted by Crippen LogP contribution is -2.43. The fourth-order valence-electron chi connectivity index (χ4n) is 2.48. The Morgan fingerprint density at radius 3 is 2.56 bits per heavy atom. The predicted molar refractivity (Wildman–Crippen MR) is 73.7 cm³/mol. The smallest absolute Gasteiger partial charge is 0.150 e. The Kier molecular flexibility index (Phi) is 3.52. The van der Waals surface area contributed by atoms with E-state index in [9.17, 15) is 5.11 Å². The Morgan fingerprint density at radius 2 is 2.00 bits per heavy atom. The third-order valence-corrected chi connectivity index (χ3v) is 3.72. The summed E-state index contributed by atoms with van der Waals surface area (Å²) in [5.41, 5.74) is 7.29. The highest BCUT2D eigenvalue weighted by atomic mass is 16.3. The van der Waals surface area contributed by atoms with Crippen molar-refractivity contribution in [3.8, 4) is 0 Å². The van der Waals surface area contributed by atoms with Crippen molar-refractivity contribution in [1.82, 2.24) is 9.78 Å². The van der Waals surface area contributed by atoms with Gasteiger partial charge in [-0.2, -0.15) is 5.10 Å². The van der Waals surface area contributed by atoms with Crippen LogP contribution in [0.5, 0.6) is 0 Å². The van der Waals surface area contributed by atoms with Crippen molar-refractivity contribution >= 4 is 11.5 Å². The molecule has 0 aliphatic carbocycles. The third kappa shape index (κ3) is 2.46. The summed E-state index contributed by atoms with van der Waals surface area (Å²) >= 11 is 0. The van der Waals surface area contributed by atoms with Gasteiger partial charge in [0, 0.05) is 19.6 Å². The molecule has 5 nitrogen and oxygen atoms in total. The largest absolute Gasteiger partial charge is 0.394 e. The van der Waals surface area contributed by atoms with Crippen LogP contribution in [-0.2, 0) is 6.54 Å². The molecule has 1 saturated heterocycles. The van der Waals surface area contributed by atoms with E-state index < -0.39 is 5.60 Å². The molecule has 0 saturated carbocycles. The van der Waals surface area contributed by atoms with Crippen molar-refractivity contribution in [2.24, 2.45) is 0 Å². The van der Waals surface area contributed by atoms with E-state index in [1.807, 2.05) is 18.5 Å². The number of hydrogen-bond donors (Lipinski definition) is 2. The Morgan fingerprint density at radius 1 is 1.39 bits per heavy atom. The van der Waals surface area contributed by atoms with Crippen molar-refractivity contribution in [3.05, 3.63) is 5.69 Å². The van der Waals surface area contributed by atoms with Gasteiger partial charge in [0.15, 0.2) is 5.82 Å². The normalized spacial score (nSPS) is 19.2. The Balaban J connectivity index is 2.22. The van der Waals surface area contributed by atoms with E-state index in [-0.39, 0.29) is 0 Å². The van der Waals surface area contributed by atoms with Gasteiger partial charge in [0.2, 0.25) is 0 Å². The minimum atomic E-state index is -0.532. The molecule has 3 N–H and O–H groups in total. The molecule has 0 spiro atoms. The number of piperidine rings is 1. The van der Waals surface area contributed by atoms with E-state index in [1.54, 1.807) is 0 Å². The van der Waals surface area contributed by atoms with Gasteiger partial charge in [-0.1, -0.05) is 6.92 Å². The zero-order chi connectivity index (χ0) is 13.3. The van der Waals surface area contributed by atoms with Gasteiger partial charge in [0.05, 0.1) is 17.0 Å². The van der Waals surface area contributed by atoms with Crippen LogP contribution in [-0.4, -0.2) is 33.6 Å². The van der Waals surface area contributed by atoms with Crippen molar-refractivity contribution in [2.45, 2.75) is 52.2 Å². The van der Waals surface area contributed by atoms with Gasteiger partial charge in [-0.05, 0) is 33.1 Å². The lowest BCUT2D eigenvalue weighted by atomic mass is 9.94. The minimum absolute atomic E-state index is 0.532. The number of nitrogens with zero attached hydrogens (tertiary/aromatic N) is 3. The predicted octanol–water partition coefficient (Wildman–Crippen LogP) is 1.53. The second kappa shape index (κ2) is 4.80. The maximum absolute atomic E-state index is 10.0. The summed E-state index contributed by atoms with van der Waals surface area (Å²) in [6.45, 7) is 8.56. The van der Waals surface area contributed by atoms with Crippen LogP contribution in [0, 0.1) is 6.92 Å². The molecular weight excluding hydrogens is 228 g/mol. The van der Waals surface area contributed by atoms with Gasteiger partial charge in [0.25, 0.3) is 0 Å². The van der Waals surface area contributed by atoms with E-state index in [0.29, 0.717) is 0 Å². The lowest BCUT2D eigenvalue weighted by molar-refractivity contribution is 0.0349. The molecule has 2 rings (SSSR count). The second-order valence-corrected chi connectivity index (χ2v) is 5.53. The highest BCUT2D eigenvalue weighted by molar-refractivity contribution is 5.66. The summed E-state index contributed by atoms with van der Waals surface area (Å²) in [5, 5.41) is 14.5. The van der Waals surface area contributed by atoms with Gasteiger partial charge in [-0.3, -0.25) is 0 Å². The molecule has 0 amide bonds. The van der Waals surface area contributed by atoms with Crippen LogP contribution in [0.2, 0.25) is 0 Å². The SMILES string of the molecule is CCCn1nc(C)c(N)c1N1CCC(C)(O)CC1. The average molecular weight is 252 g/mol. The maximum Gasteiger partial charge on any atom is 0.150 e. The fraction of sp³-hybridized carbons (Fsp3) is 0.769. The summed E-state index contributed by atoms with van der Waals surface area (Å²) in [5.74, 6) is 1.03. The molecular formula is C13H24N4O. The Bertz CT molecular complexity index is 415. The van der Waals surface area contributed by atoms with E-state index >= 15 is 0 Å². The number of aliphatic hydroxyl groups is 1. The van der Waals surface area contributed by atoms with Crippen LogP contribution in [0.15, 0.2) is 0 Å². The molecule has 1 aromatic heterocycles. The highest BCUT2D eigenvalue weighted by Crippen LogP contribution is 2.31. The first-order chi connectivity index (χ1) is 8.44. The van der Waals surface area contributed by atoms with Crippen molar-refractivity contribution in [2.75, 3.05) is 23.7 Å². The van der Waals surface area contributed by atoms with E-state index in [4.69, 9.17) is 5.73 Å². The van der Waals surface area contributed by atoms with Crippen LogP contribution >= 0.6 is 0 Å². The number of rotatable bonds is 3. The molecule has 1 aromatic rings. The number of anilines is 2. The number of hydrogen-bond acceptors (Lipinski definition) is 4. The third-order valence-electron chi connectivity index (χ3n) is 3.72. The molecule has 18 heavy (non-hydrogen) atoms. The summed E-state index contributed by atoms with van der Waals surface area (Å²) in [7, 11) is 0. The Labute approximate surface area is 109 Å². The fourth-order valence-corrected chi connectivity index (χ4v) is 2.48. The van der Waals surface area contributed by atoms with Gasteiger partial charge in [0.1, 0.15) is 0 Å². The first-order valence-electron chi connectivity index (χ1n) is 6.75. The van der Waals surface area contributed by atoms with Crippen molar-refractivity contribution < 1.29 is 5.11 Å². The van der Waals surface area contributed by atoms with Crippen LogP contribution in [0.25, 0.3) is 0 Å². The molecule has 5 heteroatoms. The molecule has 0 radical (unpaired) electrons. The second-order valence-electron chi connectivity index (χ2n) is 5.53. The Hall–Kier alpha value is -1.23. The number of nitrogens with two attached hydrogens (primary N) is 1. The van der Waals surface area contributed by atoms with Crippen LogP contribution in [0.4, 0.5) is 11.5 Å². The summed E-state index contributed by atoms with van der Waals surface area (Å²) < 4.78 is 2.00. The van der Waals surface area contributed by atoms with Gasteiger partial charge >= 0.3 is 0 Å². The molecule has 102 valence electrons. The molecule has 2 heterocycles. The highest BCUT2D eigenvalue weighted by Gasteiger charge is 2.30. The van der Waals surface area contributed by atoms with Gasteiger partial charge in [-0.25, -0.2) is 4.68 Å². The standard InChI is InChI=1S/C13H24N4O/c1-4-7-17-12(11(14)10(2)15-17)16-8-5-13(3,18)6-9-16/h18H,4-9,14H2,1-3H3. The molecule has 0 unspecified atom stereocenters. The first-order valence-corrected chi connectivity index (χ1v) is 6.75. The zero-order valence-electron chi connectivity index (χ0n) is 11.6. The number of aryl methyl sites for hydroxylation is 2. The number of nitrogen functional groups attached to an aromatic ring is 1. The first kappa shape index (κ1) is 13.2. The molecule has 1 aliphatic heterocycles. The summed E-state index contributed by atoms with van der Waals surface area (Å²) in [6.07, 6.45) is 2.60. The van der Waals surface area contributed by atoms with Crippen LogP contribution in [0.3, 0.4) is 0 Å². The monoisotopic (exact) mass is 252 g/mol. The topological polar surface area (TPSA) is 67.3 Å². The van der Waals surface area contributed by atoms with E-state index in [0.717, 1.165) is 56.1 Å². The van der Waals surface area contributed by atoms with Crippen LogP contribution < -0.4 is 10.6 Å². The van der Waals surface area contributed by atoms with Crippen LogP contribution in [0.1, 0.15) is 38.8 Å². The number of aromatic nitrogens is 2. The summed E-state index contributed by atoms with van der Waals surface area (Å²) in [6, 6.07) is 0. The molecule has 0 aromatic carbocycles.